The van der Waals surface area contributed by atoms with E-state index < -0.39 is 0 Å². The van der Waals surface area contributed by atoms with Gasteiger partial charge in [0.25, 0.3) is 0 Å². The molecule has 0 aliphatic carbocycles. The molecule has 17 heavy (non-hydrogen) atoms. The summed E-state index contributed by atoms with van der Waals surface area (Å²) in [6.45, 7) is 4.52. The lowest BCUT2D eigenvalue weighted by Crippen LogP contribution is -2.25. The maximum absolute atomic E-state index is 11.8. The summed E-state index contributed by atoms with van der Waals surface area (Å²) in [7, 11) is 0. The molecule has 0 aromatic heterocycles. The molecule has 1 aliphatic rings. The van der Waals surface area contributed by atoms with E-state index in [0.717, 1.165) is 11.3 Å². The monoisotopic (exact) mass is 230 g/mol. The van der Waals surface area contributed by atoms with Gasteiger partial charge in [-0.15, -0.1) is 0 Å². The van der Waals surface area contributed by atoms with E-state index in [1.165, 1.54) is 11.6 Å². The highest BCUT2D eigenvalue weighted by atomic mass is 16.2. The van der Waals surface area contributed by atoms with Crippen molar-refractivity contribution in [3.05, 3.63) is 29.3 Å². The van der Waals surface area contributed by atoms with Gasteiger partial charge < -0.3 is 4.90 Å². The fourth-order valence-corrected chi connectivity index (χ4v) is 1.99. The first-order chi connectivity index (χ1) is 8.11. The normalized spacial score (nSPS) is 19.3. The van der Waals surface area contributed by atoms with Crippen molar-refractivity contribution in [2.45, 2.75) is 26.3 Å². The van der Waals surface area contributed by atoms with Gasteiger partial charge >= 0.3 is 0 Å². The van der Waals surface area contributed by atoms with Gasteiger partial charge in [0.2, 0.25) is 12.0 Å². The fraction of sp³-hybridized carbons (Fsp3) is 0.385. The minimum Gasteiger partial charge on any atom is -0.310 e. The average Bonchev–Trinajstić information content (AvgIpc) is 2.64. The van der Waals surface area contributed by atoms with Crippen LogP contribution in [0, 0.1) is 13.8 Å². The van der Waals surface area contributed by atoms with E-state index in [1.54, 1.807) is 4.90 Å². The van der Waals surface area contributed by atoms with Crippen molar-refractivity contribution >= 4 is 17.7 Å². The first-order valence-electron chi connectivity index (χ1n) is 5.56. The van der Waals surface area contributed by atoms with Crippen LogP contribution in [-0.4, -0.2) is 24.6 Å². The van der Waals surface area contributed by atoms with Crippen molar-refractivity contribution in [2.75, 3.05) is 11.4 Å². The molecule has 0 unspecified atom stereocenters. The molecule has 1 amide bonds. The summed E-state index contributed by atoms with van der Waals surface area (Å²) in [5.41, 5.74) is 3.22. The Balaban J connectivity index is 2.25. The van der Waals surface area contributed by atoms with Crippen LogP contribution in [0.4, 0.5) is 5.69 Å². The van der Waals surface area contributed by atoms with E-state index in [0.29, 0.717) is 13.0 Å². The van der Waals surface area contributed by atoms with Crippen molar-refractivity contribution < 1.29 is 9.59 Å². The Morgan fingerprint density at radius 1 is 1.35 bits per heavy atom. The van der Waals surface area contributed by atoms with E-state index in [9.17, 15) is 9.59 Å². The van der Waals surface area contributed by atoms with Gasteiger partial charge in [0, 0.05) is 12.2 Å². The van der Waals surface area contributed by atoms with Gasteiger partial charge in [-0.3, -0.25) is 4.79 Å². The SMILES string of the molecule is Cc1ccc(N2C[C@@H](N=C=O)CC2=O)cc1C. The summed E-state index contributed by atoms with van der Waals surface area (Å²) < 4.78 is 0. The first kappa shape index (κ1) is 11.6. The van der Waals surface area contributed by atoms with E-state index in [4.69, 9.17) is 0 Å². The summed E-state index contributed by atoms with van der Waals surface area (Å²) in [6, 6.07) is 5.66. The average molecular weight is 230 g/mol. The van der Waals surface area contributed by atoms with Gasteiger partial charge in [0.05, 0.1) is 12.5 Å². The molecule has 0 bridgehead atoms. The summed E-state index contributed by atoms with van der Waals surface area (Å²) >= 11 is 0. The fourth-order valence-electron chi connectivity index (χ4n) is 1.99. The lowest BCUT2D eigenvalue weighted by Gasteiger charge is -2.17. The van der Waals surface area contributed by atoms with Gasteiger partial charge in [-0.05, 0) is 37.1 Å². The molecule has 1 aromatic carbocycles. The highest BCUT2D eigenvalue weighted by Gasteiger charge is 2.30. The number of hydrogen-bond acceptors (Lipinski definition) is 3. The molecular formula is C13H14N2O2. The zero-order valence-corrected chi connectivity index (χ0v) is 9.93. The largest absolute Gasteiger partial charge is 0.310 e. The third kappa shape index (κ3) is 2.27. The molecule has 4 heteroatoms. The van der Waals surface area contributed by atoms with Crippen LogP contribution in [0.15, 0.2) is 23.2 Å². The van der Waals surface area contributed by atoms with E-state index in [-0.39, 0.29) is 11.9 Å². The molecular weight excluding hydrogens is 216 g/mol. The third-order valence-corrected chi connectivity index (χ3v) is 3.14. The van der Waals surface area contributed by atoms with Gasteiger partial charge in [0.1, 0.15) is 0 Å². The standard InChI is InChI=1S/C13H14N2O2/c1-9-3-4-12(5-10(9)2)15-7-11(14-8-16)6-13(15)17/h3-5,11H,6-7H2,1-2H3/t11-/m0/s1. The third-order valence-electron chi connectivity index (χ3n) is 3.14. The molecule has 1 aromatic rings. The number of nitrogens with zero attached hydrogens (tertiary/aromatic N) is 2. The minimum atomic E-state index is -0.249. The van der Waals surface area contributed by atoms with Crippen molar-refractivity contribution in [1.82, 2.24) is 0 Å². The van der Waals surface area contributed by atoms with Crippen LogP contribution in [0.2, 0.25) is 0 Å². The smallest absolute Gasteiger partial charge is 0.235 e. The summed E-state index contributed by atoms with van der Waals surface area (Å²) in [5.74, 6) is 0.0113. The number of amides is 1. The Labute approximate surface area is 100.0 Å². The number of benzene rings is 1. The van der Waals surface area contributed by atoms with E-state index in [1.807, 2.05) is 32.0 Å². The number of aliphatic imine (C=N–C) groups is 1. The number of rotatable bonds is 2. The molecule has 1 fully saturated rings. The number of anilines is 1. The molecule has 0 radical (unpaired) electrons. The van der Waals surface area contributed by atoms with Gasteiger partial charge in [-0.1, -0.05) is 6.07 Å². The number of hydrogen-bond donors (Lipinski definition) is 0. The Kier molecular flexibility index (Phi) is 3.07. The van der Waals surface area contributed by atoms with Crippen molar-refractivity contribution in [1.29, 1.82) is 0 Å². The van der Waals surface area contributed by atoms with Crippen LogP contribution in [0.1, 0.15) is 17.5 Å². The van der Waals surface area contributed by atoms with E-state index in [2.05, 4.69) is 4.99 Å². The van der Waals surface area contributed by atoms with Crippen LogP contribution in [-0.2, 0) is 9.59 Å². The van der Waals surface area contributed by atoms with Crippen LogP contribution in [0.5, 0.6) is 0 Å². The van der Waals surface area contributed by atoms with Crippen LogP contribution >= 0.6 is 0 Å². The molecule has 1 atom stereocenters. The highest BCUT2D eigenvalue weighted by Crippen LogP contribution is 2.24. The second kappa shape index (κ2) is 4.52. The van der Waals surface area contributed by atoms with Gasteiger partial charge in [-0.2, -0.15) is 0 Å². The molecule has 0 spiro atoms. The number of aryl methyl sites for hydroxylation is 2. The first-order valence-corrected chi connectivity index (χ1v) is 5.56. The quantitative estimate of drug-likeness (QED) is 0.574. The van der Waals surface area contributed by atoms with Crippen molar-refractivity contribution in [3.63, 3.8) is 0 Å². The zero-order valence-electron chi connectivity index (χ0n) is 9.93. The van der Waals surface area contributed by atoms with Crippen LogP contribution in [0.25, 0.3) is 0 Å². The van der Waals surface area contributed by atoms with Crippen LogP contribution in [0.3, 0.4) is 0 Å². The predicted octanol–water partition coefficient (Wildman–Crippen LogP) is 1.74. The molecule has 1 aliphatic heterocycles. The highest BCUT2D eigenvalue weighted by molar-refractivity contribution is 5.96. The second-order valence-electron chi connectivity index (χ2n) is 4.35. The van der Waals surface area contributed by atoms with Gasteiger partial charge in [-0.25, -0.2) is 9.79 Å². The molecule has 0 N–H and O–H groups in total. The number of carbonyl (C=O) groups excluding carboxylic acids is 2. The van der Waals surface area contributed by atoms with E-state index >= 15 is 0 Å². The lowest BCUT2D eigenvalue weighted by atomic mass is 10.1. The molecule has 88 valence electrons. The minimum absolute atomic E-state index is 0.0113. The maximum Gasteiger partial charge on any atom is 0.235 e. The summed E-state index contributed by atoms with van der Waals surface area (Å²) in [4.78, 5) is 27.3. The van der Waals surface area contributed by atoms with Gasteiger partial charge in [0.15, 0.2) is 0 Å². The molecule has 4 nitrogen and oxygen atoms in total. The van der Waals surface area contributed by atoms with Crippen LogP contribution < -0.4 is 4.90 Å². The Morgan fingerprint density at radius 3 is 2.76 bits per heavy atom. The lowest BCUT2D eigenvalue weighted by molar-refractivity contribution is -0.117. The topological polar surface area (TPSA) is 49.7 Å². The summed E-state index contributed by atoms with van der Waals surface area (Å²) in [6.07, 6.45) is 1.81. The summed E-state index contributed by atoms with van der Waals surface area (Å²) in [5, 5.41) is 0. The molecule has 1 heterocycles. The zero-order chi connectivity index (χ0) is 12.4. The Bertz CT molecular complexity index is 504. The number of carbonyl (C=O) groups is 1. The molecule has 0 saturated carbocycles. The predicted molar refractivity (Wildman–Crippen MR) is 64.8 cm³/mol. The molecule has 2 rings (SSSR count). The van der Waals surface area contributed by atoms with Crippen molar-refractivity contribution in [2.24, 2.45) is 4.99 Å². The molecule has 1 saturated heterocycles. The second-order valence-corrected chi connectivity index (χ2v) is 4.35. The number of isocyanates is 1. The van der Waals surface area contributed by atoms with Crippen molar-refractivity contribution in [3.8, 4) is 0 Å². The Hall–Kier alpha value is -1.93. The maximum atomic E-state index is 11.8. The Morgan fingerprint density at radius 2 is 2.12 bits per heavy atom.